The SMILES string of the molecule is CC(C)(C)c1ccc(N2c3cc4c(cc3B3c5cc6c(cc5N(c5cccc7c5sc5ccccc57)c5cc(N7c8ccccc8C8(C)CCCCC78C)cc2c53)C(C)(C)CCC6(C)C)sc2ccccc24)c(-c2ccccc2)c1. The molecule has 0 radical (unpaired) electrons. The number of fused-ring (bicyclic) bond motifs is 14. The number of hydrogen-bond acceptors (Lipinski definition) is 5. The first-order valence-electron chi connectivity index (χ1n) is 29.4. The van der Waals surface area contributed by atoms with E-state index >= 15 is 0 Å². The van der Waals surface area contributed by atoms with E-state index in [1.807, 2.05) is 22.7 Å². The third-order valence-electron chi connectivity index (χ3n) is 20.6. The van der Waals surface area contributed by atoms with Crippen molar-refractivity contribution >= 4 is 132 Å². The zero-order valence-corrected chi connectivity index (χ0v) is 49.4. The molecule has 3 aliphatic heterocycles. The number of para-hydroxylation sites is 1. The zero-order chi connectivity index (χ0) is 54.4. The van der Waals surface area contributed by atoms with E-state index in [0.717, 1.165) is 19.3 Å². The molecule has 1 saturated carbocycles. The lowest BCUT2D eigenvalue weighted by atomic mass is 9.33. The Morgan fingerprint density at radius 2 is 1.04 bits per heavy atom. The van der Waals surface area contributed by atoms with E-state index < -0.39 is 0 Å². The molecule has 0 spiro atoms. The third-order valence-corrected chi connectivity index (χ3v) is 22.9. The lowest BCUT2D eigenvalue weighted by Crippen LogP contribution is -2.62. The first-order valence-corrected chi connectivity index (χ1v) is 31.1. The minimum Gasteiger partial charge on any atom is -0.334 e. The average molecular weight is 1070 g/mol. The van der Waals surface area contributed by atoms with Gasteiger partial charge in [-0.2, -0.15) is 0 Å². The fraction of sp³-hybridized carbons (Fsp3) is 0.270. The molecule has 11 aromatic rings. The summed E-state index contributed by atoms with van der Waals surface area (Å²) < 4.78 is 5.33. The van der Waals surface area contributed by atoms with E-state index in [-0.39, 0.29) is 33.9 Å². The number of benzene rings is 9. The Balaban J connectivity index is 1.10. The molecule has 2 aromatic heterocycles. The topological polar surface area (TPSA) is 9.72 Å². The van der Waals surface area contributed by atoms with E-state index in [4.69, 9.17) is 0 Å². The molecule has 3 nitrogen and oxygen atoms in total. The number of hydrogen-bond donors (Lipinski definition) is 0. The van der Waals surface area contributed by atoms with Gasteiger partial charge in [-0.25, -0.2) is 0 Å². The van der Waals surface area contributed by atoms with Gasteiger partial charge in [-0.15, -0.1) is 22.7 Å². The summed E-state index contributed by atoms with van der Waals surface area (Å²) in [6.07, 6.45) is 7.06. The van der Waals surface area contributed by atoms with Crippen LogP contribution < -0.4 is 31.1 Å². The second kappa shape index (κ2) is 16.7. The first-order chi connectivity index (χ1) is 38.5. The van der Waals surface area contributed by atoms with Crippen LogP contribution >= 0.6 is 22.7 Å². The van der Waals surface area contributed by atoms with Crippen molar-refractivity contribution in [3.05, 3.63) is 198 Å². The molecule has 2 unspecified atom stereocenters. The summed E-state index contributed by atoms with van der Waals surface area (Å²) in [6, 6.07) is 69.4. The minimum atomic E-state index is -0.157. The quantitative estimate of drug-likeness (QED) is 0.163. The van der Waals surface area contributed by atoms with Crippen LogP contribution in [0.1, 0.15) is 123 Å². The highest BCUT2D eigenvalue weighted by molar-refractivity contribution is 7.26. The summed E-state index contributed by atoms with van der Waals surface area (Å²) in [4.78, 5) is 8.35. The van der Waals surface area contributed by atoms with Crippen molar-refractivity contribution in [3.63, 3.8) is 0 Å². The molecule has 0 saturated heterocycles. The first kappa shape index (κ1) is 48.8. The third kappa shape index (κ3) is 6.67. The van der Waals surface area contributed by atoms with Crippen LogP contribution in [0.4, 0.5) is 45.5 Å². The summed E-state index contributed by atoms with van der Waals surface area (Å²) in [7, 11) is 0. The van der Waals surface area contributed by atoms with Crippen LogP contribution in [0.3, 0.4) is 0 Å². The molecule has 16 rings (SSSR count). The number of nitrogens with zero attached hydrogens (tertiary/aromatic N) is 3. The molecule has 2 atom stereocenters. The Morgan fingerprint density at radius 1 is 0.438 bits per heavy atom. The van der Waals surface area contributed by atoms with Gasteiger partial charge in [0.2, 0.25) is 0 Å². The van der Waals surface area contributed by atoms with E-state index in [1.54, 1.807) is 0 Å². The summed E-state index contributed by atoms with van der Waals surface area (Å²) in [6.45, 7) is 22.2. The smallest absolute Gasteiger partial charge is 0.252 e. The van der Waals surface area contributed by atoms with Gasteiger partial charge in [-0.1, -0.05) is 177 Å². The fourth-order valence-corrected chi connectivity index (χ4v) is 18.3. The molecule has 394 valence electrons. The van der Waals surface area contributed by atoms with Crippen LogP contribution in [0.5, 0.6) is 0 Å². The molecular weight excluding hydrogens is 1010 g/mol. The zero-order valence-electron chi connectivity index (χ0n) is 47.7. The van der Waals surface area contributed by atoms with E-state index in [2.05, 4.69) is 253 Å². The van der Waals surface area contributed by atoms with Gasteiger partial charge in [0.05, 0.1) is 21.6 Å². The fourth-order valence-electron chi connectivity index (χ4n) is 16.0. The number of rotatable bonds is 4. The van der Waals surface area contributed by atoms with Gasteiger partial charge in [0.15, 0.2) is 0 Å². The van der Waals surface area contributed by atoms with Gasteiger partial charge < -0.3 is 14.7 Å². The second-order valence-electron chi connectivity index (χ2n) is 27.0. The van der Waals surface area contributed by atoms with Crippen molar-refractivity contribution in [1.29, 1.82) is 0 Å². The lowest BCUT2D eigenvalue weighted by Gasteiger charge is -2.51. The largest absolute Gasteiger partial charge is 0.334 e. The molecule has 5 aliphatic rings. The van der Waals surface area contributed by atoms with Crippen molar-refractivity contribution in [2.24, 2.45) is 0 Å². The van der Waals surface area contributed by atoms with Gasteiger partial charge in [-0.3, -0.25) is 0 Å². The highest BCUT2D eigenvalue weighted by atomic mass is 32.1. The minimum absolute atomic E-state index is 0.000675. The molecule has 5 heterocycles. The standard InChI is InChI=1S/C74H68BN3S2/c1-70(2,3)46-32-33-58(51(38-46)45-22-11-10-12-23-45)76-61-41-52-49-25-14-17-30-65(49)79-67(52)44-57(61)75-56-42-54-55(72(6,7)37-36-71(54,4)5)43-62(56)77(60-29-21-26-50-48-24-13-18-31-66(48)80-69(50)60)64-40-47(39-63(76)68(64)75)78-59-28-16-15-27-53(59)73(8)34-19-20-35-74(73,78)9/h10-18,21-33,38-44H,19-20,34-37H2,1-9H3. The Labute approximate surface area is 480 Å². The molecule has 0 bridgehead atoms. The average Bonchev–Trinajstić information content (AvgIpc) is 3.74. The summed E-state index contributed by atoms with van der Waals surface area (Å²) in [5.74, 6) is 0. The second-order valence-corrected chi connectivity index (χ2v) is 29.1. The van der Waals surface area contributed by atoms with Crippen LogP contribution in [0.25, 0.3) is 51.5 Å². The Bertz CT molecular complexity index is 4440. The molecule has 6 heteroatoms. The van der Waals surface area contributed by atoms with Gasteiger partial charge in [0.1, 0.15) is 0 Å². The Hall–Kier alpha value is -7.12. The van der Waals surface area contributed by atoms with Crippen molar-refractivity contribution in [2.75, 3.05) is 14.7 Å². The normalized spacial score (nSPS) is 20.5. The predicted octanol–water partition coefficient (Wildman–Crippen LogP) is 19.6. The van der Waals surface area contributed by atoms with Crippen LogP contribution in [0.2, 0.25) is 0 Å². The van der Waals surface area contributed by atoms with Crippen molar-refractivity contribution in [2.45, 2.75) is 128 Å². The number of anilines is 8. The molecule has 80 heavy (non-hydrogen) atoms. The molecule has 0 N–H and O–H groups in total. The van der Waals surface area contributed by atoms with Crippen LogP contribution in [-0.4, -0.2) is 12.3 Å². The van der Waals surface area contributed by atoms with Crippen LogP contribution in [0.15, 0.2) is 176 Å². The van der Waals surface area contributed by atoms with Crippen molar-refractivity contribution in [1.82, 2.24) is 0 Å². The summed E-state index contributed by atoms with van der Waals surface area (Å²) in [5, 5.41) is 5.29. The maximum absolute atomic E-state index is 2.84. The van der Waals surface area contributed by atoms with Gasteiger partial charge in [0.25, 0.3) is 6.71 Å². The maximum atomic E-state index is 2.84. The van der Waals surface area contributed by atoms with Gasteiger partial charge >= 0.3 is 0 Å². The maximum Gasteiger partial charge on any atom is 0.252 e. The van der Waals surface area contributed by atoms with Crippen molar-refractivity contribution < 1.29 is 0 Å². The van der Waals surface area contributed by atoms with Gasteiger partial charge in [-0.05, 0) is 160 Å². The highest BCUT2D eigenvalue weighted by Gasteiger charge is 2.58. The molecule has 2 aliphatic carbocycles. The highest BCUT2D eigenvalue weighted by Crippen LogP contribution is 2.62. The molecule has 9 aromatic carbocycles. The van der Waals surface area contributed by atoms with Crippen molar-refractivity contribution in [3.8, 4) is 11.1 Å². The van der Waals surface area contributed by atoms with E-state index in [0.29, 0.717) is 0 Å². The van der Waals surface area contributed by atoms with E-state index in [1.165, 1.54) is 155 Å². The van der Waals surface area contributed by atoms with E-state index in [9.17, 15) is 0 Å². The molecule has 1 fully saturated rings. The Morgan fingerprint density at radius 3 is 1.79 bits per heavy atom. The van der Waals surface area contributed by atoms with Gasteiger partial charge in [0, 0.05) is 80.7 Å². The van der Waals surface area contributed by atoms with Crippen LogP contribution in [-0.2, 0) is 21.7 Å². The predicted molar refractivity (Wildman–Crippen MR) is 348 cm³/mol. The number of thiophene rings is 2. The van der Waals surface area contributed by atoms with Crippen LogP contribution in [0, 0.1) is 0 Å². The monoisotopic (exact) mass is 1070 g/mol. The molecular formula is C74H68BN3S2. The summed E-state index contributed by atoms with van der Waals surface area (Å²) in [5.41, 5.74) is 22.4. The molecule has 0 amide bonds. The lowest BCUT2D eigenvalue weighted by molar-refractivity contribution is 0.195. The Kier molecular flexibility index (Phi) is 10.2. The summed E-state index contributed by atoms with van der Waals surface area (Å²) >= 11 is 3.89.